The van der Waals surface area contributed by atoms with Crippen LogP contribution in [0.4, 0.5) is 0 Å². The van der Waals surface area contributed by atoms with Gasteiger partial charge in [-0.3, -0.25) is 0 Å². The Hall–Kier alpha value is -0.0800. The first-order valence-electron chi connectivity index (χ1n) is 6.96. The standard InChI is InChI=1S/C14H27NO/c1-11-4-6-12(7-5-11)13(15)10-14(16-2)8-3-9-14/h11-13H,3-10,15H2,1-2H3. The van der Waals surface area contributed by atoms with Crippen molar-refractivity contribution in [3.63, 3.8) is 0 Å². The smallest absolute Gasteiger partial charge is 0.0693 e. The summed E-state index contributed by atoms with van der Waals surface area (Å²) in [7, 11) is 1.86. The normalized spacial score (nSPS) is 35.4. The summed E-state index contributed by atoms with van der Waals surface area (Å²) in [5, 5.41) is 0. The van der Waals surface area contributed by atoms with Gasteiger partial charge in [-0.25, -0.2) is 0 Å². The number of hydrogen-bond donors (Lipinski definition) is 1. The van der Waals surface area contributed by atoms with E-state index in [9.17, 15) is 0 Å². The average molecular weight is 225 g/mol. The van der Waals surface area contributed by atoms with Gasteiger partial charge in [0.25, 0.3) is 0 Å². The SMILES string of the molecule is COC1(CC(N)C2CCC(C)CC2)CCC1. The van der Waals surface area contributed by atoms with Gasteiger partial charge in [0.1, 0.15) is 0 Å². The molecule has 2 aliphatic rings. The molecule has 0 aromatic heterocycles. The molecule has 2 N–H and O–H groups in total. The van der Waals surface area contributed by atoms with E-state index < -0.39 is 0 Å². The Morgan fingerprint density at radius 1 is 1.25 bits per heavy atom. The van der Waals surface area contributed by atoms with Gasteiger partial charge in [0.15, 0.2) is 0 Å². The highest BCUT2D eigenvalue weighted by molar-refractivity contribution is 4.94. The zero-order chi connectivity index (χ0) is 11.6. The van der Waals surface area contributed by atoms with Crippen molar-refractivity contribution in [3.05, 3.63) is 0 Å². The quantitative estimate of drug-likeness (QED) is 0.798. The van der Waals surface area contributed by atoms with Crippen molar-refractivity contribution >= 4 is 0 Å². The molecule has 0 aromatic carbocycles. The Morgan fingerprint density at radius 3 is 2.31 bits per heavy atom. The summed E-state index contributed by atoms with van der Waals surface area (Å²) in [6.07, 6.45) is 10.3. The predicted molar refractivity (Wildman–Crippen MR) is 67.3 cm³/mol. The maximum Gasteiger partial charge on any atom is 0.0693 e. The number of methoxy groups -OCH3 is 1. The van der Waals surface area contributed by atoms with Crippen molar-refractivity contribution in [2.75, 3.05) is 7.11 Å². The largest absolute Gasteiger partial charge is 0.378 e. The third-order valence-electron chi connectivity index (χ3n) is 4.97. The maximum absolute atomic E-state index is 6.39. The number of ether oxygens (including phenoxy) is 1. The maximum atomic E-state index is 6.39. The zero-order valence-electron chi connectivity index (χ0n) is 10.9. The summed E-state index contributed by atoms with van der Waals surface area (Å²) < 4.78 is 5.68. The Bertz CT molecular complexity index is 211. The monoisotopic (exact) mass is 225 g/mol. The van der Waals surface area contributed by atoms with Gasteiger partial charge in [-0.1, -0.05) is 19.8 Å². The second-order valence-corrected chi connectivity index (χ2v) is 6.13. The lowest BCUT2D eigenvalue weighted by Gasteiger charge is -2.44. The lowest BCUT2D eigenvalue weighted by molar-refractivity contribution is -0.0854. The van der Waals surface area contributed by atoms with Crippen LogP contribution >= 0.6 is 0 Å². The van der Waals surface area contributed by atoms with Gasteiger partial charge >= 0.3 is 0 Å². The summed E-state index contributed by atoms with van der Waals surface area (Å²) >= 11 is 0. The molecule has 0 aromatic rings. The minimum atomic E-state index is 0.155. The van der Waals surface area contributed by atoms with E-state index in [1.807, 2.05) is 7.11 Å². The minimum Gasteiger partial charge on any atom is -0.378 e. The van der Waals surface area contributed by atoms with Crippen LogP contribution in [0.3, 0.4) is 0 Å². The van der Waals surface area contributed by atoms with E-state index in [4.69, 9.17) is 10.5 Å². The number of nitrogens with two attached hydrogens (primary N) is 1. The van der Waals surface area contributed by atoms with Crippen molar-refractivity contribution in [1.82, 2.24) is 0 Å². The van der Waals surface area contributed by atoms with Crippen molar-refractivity contribution in [1.29, 1.82) is 0 Å². The fourth-order valence-corrected chi connectivity index (χ4v) is 3.37. The molecule has 16 heavy (non-hydrogen) atoms. The molecule has 0 saturated heterocycles. The highest BCUT2D eigenvalue weighted by atomic mass is 16.5. The van der Waals surface area contributed by atoms with E-state index in [-0.39, 0.29) is 5.60 Å². The lowest BCUT2D eigenvalue weighted by atomic mass is 9.71. The van der Waals surface area contributed by atoms with E-state index >= 15 is 0 Å². The van der Waals surface area contributed by atoms with E-state index in [0.29, 0.717) is 6.04 Å². The van der Waals surface area contributed by atoms with E-state index in [2.05, 4.69) is 6.92 Å². The van der Waals surface area contributed by atoms with Gasteiger partial charge < -0.3 is 10.5 Å². The van der Waals surface area contributed by atoms with Crippen LogP contribution in [0.1, 0.15) is 58.3 Å². The molecule has 0 radical (unpaired) electrons. The Kier molecular flexibility index (Phi) is 3.91. The zero-order valence-corrected chi connectivity index (χ0v) is 10.9. The average Bonchev–Trinajstić information content (AvgIpc) is 2.24. The van der Waals surface area contributed by atoms with Gasteiger partial charge in [0.05, 0.1) is 5.60 Å². The minimum absolute atomic E-state index is 0.155. The molecule has 1 unspecified atom stereocenters. The van der Waals surface area contributed by atoms with E-state index in [0.717, 1.165) is 18.3 Å². The molecule has 2 heteroatoms. The van der Waals surface area contributed by atoms with Crippen molar-refractivity contribution < 1.29 is 4.74 Å². The summed E-state index contributed by atoms with van der Waals surface area (Å²) in [5.41, 5.74) is 6.54. The summed E-state index contributed by atoms with van der Waals surface area (Å²) in [4.78, 5) is 0. The number of hydrogen-bond acceptors (Lipinski definition) is 2. The fraction of sp³-hybridized carbons (Fsp3) is 1.00. The van der Waals surface area contributed by atoms with Crippen LogP contribution in [0, 0.1) is 11.8 Å². The lowest BCUT2D eigenvalue weighted by Crippen LogP contribution is -2.47. The first-order chi connectivity index (χ1) is 7.65. The molecule has 2 fully saturated rings. The molecule has 2 rings (SSSR count). The molecule has 2 saturated carbocycles. The molecule has 2 nitrogen and oxygen atoms in total. The first-order valence-corrected chi connectivity index (χ1v) is 6.96. The molecule has 2 aliphatic carbocycles. The van der Waals surface area contributed by atoms with Crippen molar-refractivity contribution in [2.24, 2.45) is 17.6 Å². The molecule has 0 spiro atoms. The molecular formula is C14H27NO. The molecule has 0 bridgehead atoms. The first kappa shape index (κ1) is 12.4. The van der Waals surface area contributed by atoms with Gasteiger partial charge in [-0.05, 0) is 50.4 Å². The highest BCUT2D eigenvalue weighted by Gasteiger charge is 2.40. The van der Waals surface area contributed by atoms with Crippen LogP contribution in [-0.4, -0.2) is 18.8 Å². The van der Waals surface area contributed by atoms with Crippen LogP contribution in [-0.2, 0) is 4.74 Å². The second kappa shape index (κ2) is 5.05. The van der Waals surface area contributed by atoms with E-state index in [1.54, 1.807) is 0 Å². The highest BCUT2D eigenvalue weighted by Crippen LogP contribution is 2.41. The Balaban J connectivity index is 1.81. The predicted octanol–water partition coefficient (Wildman–Crippen LogP) is 3.10. The second-order valence-electron chi connectivity index (χ2n) is 6.13. The molecule has 0 amide bonds. The Morgan fingerprint density at radius 2 is 1.88 bits per heavy atom. The molecular weight excluding hydrogens is 198 g/mol. The van der Waals surface area contributed by atoms with Gasteiger partial charge in [-0.2, -0.15) is 0 Å². The van der Waals surface area contributed by atoms with Crippen molar-refractivity contribution in [3.8, 4) is 0 Å². The van der Waals surface area contributed by atoms with Crippen LogP contribution in [0.5, 0.6) is 0 Å². The summed E-state index contributed by atoms with van der Waals surface area (Å²) in [6.45, 7) is 2.37. The third-order valence-corrected chi connectivity index (χ3v) is 4.97. The van der Waals surface area contributed by atoms with Gasteiger partial charge in [-0.15, -0.1) is 0 Å². The van der Waals surface area contributed by atoms with E-state index in [1.165, 1.54) is 44.9 Å². The third kappa shape index (κ3) is 2.60. The molecule has 94 valence electrons. The van der Waals surface area contributed by atoms with Crippen LogP contribution in [0.25, 0.3) is 0 Å². The summed E-state index contributed by atoms with van der Waals surface area (Å²) in [5.74, 6) is 1.67. The van der Waals surface area contributed by atoms with Gasteiger partial charge in [0.2, 0.25) is 0 Å². The Labute approximate surface area is 99.9 Å². The van der Waals surface area contributed by atoms with Crippen LogP contribution in [0.2, 0.25) is 0 Å². The van der Waals surface area contributed by atoms with Crippen molar-refractivity contribution in [2.45, 2.75) is 69.9 Å². The van der Waals surface area contributed by atoms with Crippen LogP contribution in [0.15, 0.2) is 0 Å². The molecule has 1 atom stereocenters. The van der Waals surface area contributed by atoms with Crippen LogP contribution < -0.4 is 5.73 Å². The molecule has 0 aliphatic heterocycles. The van der Waals surface area contributed by atoms with Gasteiger partial charge in [0, 0.05) is 13.2 Å². The summed E-state index contributed by atoms with van der Waals surface area (Å²) in [6, 6.07) is 0.368. The molecule has 0 heterocycles. The number of rotatable bonds is 4. The topological polar surface area (TPSA) is 35.2 Å². The fourth-order valence-electron chi connectivity index (χ4n) is 3.37.